The molecule has 1 amide bonds. The number of anilines is 2. The van der Waals surface area contributed by atoms with E-state index in [9.17, 15) is 9.18 Å². The third-order valence-electron chi connectivity index (χ3n) is 5.89. The number of nitrogens with zero attached hydrogens (tertiary/aromatic N) is 2. The number of allylic oxidation sites excluding steroid dienone is 1. The molecule has 1 atom stereocenters. The van der Waals surface area contributed by atoms with Gasteiger partial charge >= 0.3 is 0 Å². The van der Waals surface area contributed by atoms with Crippen molar-refractivity contribution in [3.8, 4) is 5.75 Å². The highest BCUT2D eigenvalue weighted by Gasteiger charge is 2.29. The van der Waals surface area contributed by atoms with Crippen LogP contribution in [-0.4, -0.2) is 22.3 Å². The molecule has 0 spiro atoms. The Balaban J connectivity index is 1.51. The largest absolute Gasteiger partial charge is 0.494 e. The predicted octanol–water partition coefficient (Wildman–Crippen LogP) is 6.04. The predicted molar refractivity (Wildman–Crippen MR) is 135 cm³/mol. The Bertz CT molecular complexity index is 1390. The number of carbonyl (C=O) groups excluding carboxylic acids is 1. The minimum absolute atomic E-state index is 0.319. The van der Waals surface area contributed by atoms with Gasteiger partial charge < -0.3 is 15.4 Å². The number of benzene rings is 3. The van der Waals surface area contributed by atoms with Crippen molar-refractivity contribution in [2.24, 2.45) is 0 Å². The summed E-state index contributed by atoms with van der Waals surface area (Å²) in [5.74, 6) is 0.580. The lowest BCUT2D eigenvalue weighted by molar-refractivity contribution is 0.102. The van der Waals surface area contributed by atoms with Crippen molar-refractivity contribution in [3.63, 3.8) is 0 Å². The molecule has 5 rings (SSSR count). The van der Waals surface area contributed by atoms with Crippen molar-refractivity contribution in [2.45, 2.75) is 19.9 Å². The number of carbonyl (C=O) groups is 1. The molecule has 0 bridgehead atoms. The summed E-state index contributed by atoms with van der Waals surface area (Å²) in [6.45, 7) is 4.51. The van der Waals surface area contributed by atoms with E-state index in [-0.39, 0.29) is 11.7 Å². The van der Waals surface area contributed by atoms with Gasteiger partial charge in [-0.25, -0.2) is 9.07 Å². The van der Waals surface area contributed by atoms with Gasteiger partial charge in [0.05, 0.1) is 12.8 Å². The molecule has 0 unspecified atom stereocenters. The van der Waals surface area contributed by atoms with E-state index in [0.717, 1.165) is 22.6 Å². The normalized spacial score (nSPS) is 14.5. The summed E-state index contributed by atoms with van der Waals surface area (Å²) in [5, 5.41) is 10.7. The molecule has 0 aliphatic carbocycles. The summed E-state index contributed by atoms with van der Waals surface area (Å²) in [6, 6.07) is 21.3. The van der Waals surface area contributed by atoms with Crippen LogP contribution >= 0.6 is 0 Å². The van der Waals surface area contributed by atoms with Gasteiger partial charge in [-0.1, -0.05) is 48.0 Å². The Morgan fingerprint density at radius 1 is 1.09 bits per heavy atom. The number of rotatable bonds is 6. The first-order valence-electron chi connectivity index (χ1n) is 11.5. The second-order valence-electron chi connectivity index (χ2n) is 8.30. The van der Waals surface area contributed by atoms with Crippen molar-refractivity contribution >= 4 is 23.1 Å². The van der Waals surface area contributed by atoms with Gasteiger partial charge in [0.2, 0.25) is 0 Å². The number of amides is 1. The fourth-order valence-electron chi connectivity index (χ4n) is 4.10. The Morgan fingerprint density at radius 3 is 2.54 bits per heavy atom. The summed E-state index contributed by atoms with van der Waals surface area (Å²) >= 11 is 0. The monoisotopic (exact) mass is 468 g/mol. The van der Waals surface area contributed by atoms with Crippen LogP contribution in [0.1, 0.15) is 40.0 Å². The van der Waals surface area contributed by atoms with Gasteiger partial charge in [0.25, 0.3) is 5.91 Å². The van der Waals surface area contributed by atoms with E-state index in [1.54, 1.807) is 47.1 Å². The molecule has 0 fully saturated rings. The molecule has 7 heteroatoms. The van der Waals surface area contributed by atoms with Gasteiger partial charge in [-0.15, -0.1) is 0 Å². The Morgan fingerprint density at radius 2 is 1.83 bits per heavy atom. The molecule has 6 nitrogen and oxygen atoms in total. The second-order valence-corrected chi connectivity index (χ2v) is 8.30. The number of fused-ring (bicyclic) bond motifs is 1. The van der Waals surface area contributed by atoms with Crippen molar-refractivity contribution in [2.75, 3.05) is 17.2 Å². The smallest absolute Gasteiger partial charge is 0.261 e. The first-order valence-corrected chi connectivity index (χ1v) is 11.5. The maximum Gasteiger partial charge on any atom is 0.261 e. The molecule has 35 heavy (non-hydrogen) atoms. The van der Waals surface area contributed by atoms with E-state index < -0.39 is 6.04 Å². The van der Waals surface area contributed by atoms with Gasteiger partial charge in [-0.3, -0.25) is 4.79 Å². The molecule has 0 saturated carbocycles. The quantitative estimate of drug-likeness (QED) is 0.362. The van der Waals surface area contributed by atoms with Gasteiger partial charge in [0.1, 0.15) is 29.0 Å². The van der Waals surface area contributed by atoms with Crippen molar-refractivity contribution in [1.82, 2.24) is 9.78 Å². The molecule has 3 aromatic carbocycles. The molecule has 0 radical (unpaired) electrons. The lowest BCUT2D eigenvalue weighted by atomic mass is 10.00. The SMILES string of the molecule is CCOc1ccc(NC(=O)c2cnn3c2NC(c2ccc(C)cc2)=C[C@@H]3c2ccccc2F)cc1. The lowest BCUT2D eigenvalue weighted by Crippen LogP contribution is -2.22. The molecule has 2 N–H and O–H groups in total. The highest BCUT2D eigenvalue weighted by atomic mass is 19.1. The van der Waals surface area contributed by atoms with Crippen LogP contribution < -0.4 is 15.4 Å². The molecule has 1 aliphatic heterocycles. The first-order chi connectivity index (χ1) is 17.0. The number of aromatic nitrogens is 2. The number of aryl methyl sites for hydroxylation is 1. The fourth-order valence-corrected chi connectivity index (χ4v) is 4.10. The zero-order valence-corrected chi connectivity index (χ0v) is 19.5. The average Bonchev–Trinajstić information content (AvgIpc) is 3.30. The van der Waals surface area contributed by atoms with Crippen LogP contribution in [0.25, 0.3) is 5.70 Å². The highest BCUT2D eigenvalue weighted by molar-refractivity contribution is 6.08. The minimum Gasteiger partial charge on any atom is -0.494 e. The third kappa shape index (κ3) is 4.53. The molecule has 0 saturated heterocycles. The number of ether oxygens (including phenoxy) is 1. The summed E-state index contributed by atoms with van der Waals surface area (Å²) in [7, 11) is 0. The minimum atomic E-state index is -0.518. The summed E-state index contributed by atoms with van der Waals surface area (Å²) in [6.07, 6.45) is 3.43. The van der Waals surface area contributed by atoms with Crippen molar-refractivity contribution in [3.05, 3.63) is 113 Å². The van der Waals surface area contributed by atoms with Gasteiger partial charge in [-0.05, 0) is 55.8 Å². The molecule has 1 aliphatic rings. The van der Waals surface area contributed by atoms with E-state index in [2.05, 4.69) is 15.7 Å². The van der Waals surface area contributed by atoms with Crippen LogP contribution in [0.2, 0.25) is 0 Å². The van der Waals surface area contributed by atoms with Crippen LogP contribution in [0.5, 0.6) is 5.75 Å². The average molecular weight is 469 g/mol. The molecule has 2 heterocycles. The van der Waals surface area contributed by atoms with E-state index in [1.165, 1.54) is 12.3 Å². The zero-order chi connectivity index (χ0) is 24.4. The van der Waals surface area contributed by atoms with Crippen LogP contribution in [-0.2, 0) is 0 Å². The Kier molecular flexibility index (Phi) is 6.06. The Labute approximate surface area is 203 Å². The van der Waals surface area contributed by atoms with Crippen LogP contribution in [0.3, 0.4) is 0 Å². The van der Waals surface area contributed by atoms with Gasteiger partial charge in [-0.2, -0.15) is 5.10 Å². The lowest BCUT2D eigenvalue weighted by Gasteiger charge is -2.26. The molecular formula is C28H25FN4O2. The highest BCUT2D eigenvalue weighted by Crippen LogP contribution is 2.36. The number of hydrogen-bond donors (Lipinski definition) is 2. The van der Waals surface area contributed by atoms with E-state index in [4.69, 9.17) is 4.74 Å². The maximum atomic E-state index is 14.8. The number of hydrogen-bond acceptors (Lipinski definition) is 4. The van der Waals surface area contributed by atoms with Crippen LogP contribution in [0.15, 0.2) is 85.1 Å². The Hall–Kier alpha value is -4.39. The topological polar surface area (TPSA) is 68.2 Å². The number of halogens is 1. The first kappa shape index (κ1) is 22.4. The molecular weight excluding hydrogens is 443 g/mol. The van der Waals surface area contributed by atoms with Gasteiger partial charge in [0, 0.05) is 16.9 Å². The fraction of sp³-hybridized carbons (Fsp3) is 0.143. The molecule has 1 aromatic heterocycles. The summed E-state index contributed by atoms with van der Waals surface area (Å²) in [4.78, 5) is 13.2. The summed E-state index contributed by atoms with van der Waals surface area (Å²) in [5.41, 5.74) is 4.31. The summed E-state index contributed by atoms with van der Waals surface area (Å²) < 4.78 is 21.9. The molecule has 4 aromatic rings. The van der Waals surface area contributed by atoms with Crippen molar-refractivity contribution in [1.29, 1.82) is 0 Å². The van der Waals surface area contributed by atoms with Crippen LogP contribution in [0, 0.1) is 12.7 Å². The zero-order valence-electron chi connectivity index (χ0n) is 19.5. The van der Waals surface area contributed by atoms with Gasteiger partial charge in [0.15, 0.2) is 0 Å². The molecule has 176 valence electrons. The standard InChI is InChI=1S/C28H25FN4O2/c1-3-35-21-14-12-20(13-15-21)31-28(34)23-17-30-33-26(22-6-4-5-7-24(22)29)16-25(32-27(23)33)19-10-8-18(2)9-11-19/h4-17,26,32H,3H2,1-2H3,(H,31,34)/t26-/m1/s1. The van der Waals surface area contributed by atoms with Crippen LogP contribution in [0.4, 0.5) is 15.9 Å². The maximum absolute atomic E-state index is 14.8. The third-order valence-corrected chi connectivity index (χ3v) is 5.89. The van der Waals surface area contributed by atoms with E-state index in [1.807, 2.05) is 44.2 Å². The second kappa shape index (κ2) is 9.46. The van der Waals surface area contributed by atoms with Crippen molar-refractivity contribution < 1.29 is 13.9 Å². The van der Waals surface area contributed by atoms with E-state index in [0.29, 0.717) is 29.2 Å². The number of nitrogens with one attached hydrogen (secondary N) is 2. The van der Waals surface area contributed by atoms with E-state index >= 15 is 0 Å².